The zero-order chi connectivity index (χ0) is 16.3. The van der Waals surface area contributed by atoms with Gasteiger partial charge in [-0.15, -0.1) is 4.40 Å². The van der Waals surface area contributed by atoms with Gasteiger partial charge in [-0.2, -0.15) is 8.42 Å². The van der Waals surface area contributed by atoms with E-state index in [0.29, 0.717) is 17.1 Å². The van der Waals surface area contributed by atoms with Gasteiger partial charge >= 0.3 is 16.2 Å². The van der Waals surface area contributed by atoms with Crippen LogP contribution >= 0.6 is 0 Å². The number of benzene rings is 1. The summed E-state index contributed by atoms with van der Waals surface area (Å²) in [7, 11) is 0.00278. The quantitative estimate of drug-likeness (QED) is 0.803. The summed E-state index contributed by atoms with van der Waals surface area (Å²) in [4.78, 5) is 11.6. The monoisotopic (exact) mass is 326 g/mol. The number of esters is 1. The molecule has 0 saturated carbocycles. The zero-order valence-electron chi connectivity index (χ0n) is 12.1. The van der Waals surface area contributed by atoms with E-state index in [2.05, 4.69) is 9.13 Å². The van der Waals surface area contributed by atoms with E-state index < -0.39 is 16.2 Å². The minimum Gasteiger partial charge on any atom is -0.497 e. The highest BCUT2D eigenvalue weighted by Gasteiger charge is 2.25. The second kappa shape index (κ2) is 6.06. The van der Waals surface area contributed by atoms with Crippen LogP contribution in [0.2, 0.25) is 0 Å². The Balaban J connectivity index is 2.61. The van der Waals surface area contributed by atoms with Crippen molar-refractivity contribution < 1.29 is 27.4 Å². The lowest BCUT2D eigenvalue weighted by atomic mass is 10.1. The molecule has 0 amide bonds. The molecule has 118 valence electrons. The van der Waals surface area contributed by atoms with Gasteiger partial charge in [-0.05, 0) is 24.3 Å². The molecule has 0 aromatic heterocycles. The summed E-state index contributed by atoms with van der Waals surface area (Å²) in [5.74, 6) is 0.0532. The van der Waals surface area contributed by atoms with Gasteiger partial charge in [0.25, 0.3) is 0 Å². The van der Waals surface area contributed by atoms with Crippen LogP contribution in [0.25, 0.3) is 0 Å². The van der Waals surface area contributed by atoms with Gasteiger partial charge in [-0.3, -0.25) is 4.72 Å². The van der Waals surface area contributed by atoms with Crippen molar-refractivity contribution in [1.82, 2.24) is 4.72 Å². The molecule has 1 aromatic carbocycles. The maximum Gasteiger partial charge on any atom is 0.355 e. The van der Waals surface area contributed by atoms with E-state index >= 15 is 0 Å². The molecule has 1 aromatic rings. The molecule has 0 bridgehead atoms. The van der Waals surface area contributed by atoms with E-state index in [4.69, 9.17) is 9.47 Å². The van der Waals surface area contributed by atoms with Gasteiger partial charge in [-0.25, -0.2) is 4.79 Å². The minimum atomic E-state index is -4.06. The van der Waals surface area contributed by atoms with E-state index in [9.17, 15) is 13.2 Å². The van der Waals surface area contributed by atoms with Crippen molar-refractivity contribution in [2.45, 2.75) is 0 Å². The minimum absolute atomic E-state index is 0.0369. The van der Waals surface area contributed by atoms with Crippen LogP contribution in [0.1, 0.15) is 5.56 Å². The third-order valence-electron chi connectivity index (χ3n) is 2.83. The zero-order valence-corrected chi connectivity index (χ0v) is 12.9. The van der Waals surface area contributed by atoms with Crippen molar-refractivity contribution in [2.24, 2.45) is 4.40 Å². The molecule has 1 aliphatic heterocycles. The van der Waals surface area contributed by atoms with Crippen LogP contribution in [0, 0.1) is 0 Å². The lowest BCUT2D eigenvalue weighted by Crippen LogP contribution is -2.31. The highest BCUT2D eigenvalue weighted by atomic mass is 32.2. The third-order valence-corrected chi connectivity index (χ3v) is 3.74. The summed E-state index contributed by atoms with van der Waals surface area (Å²) in [5, 5.41) is 0. The van der Waals surface area contributed by atoms with Crippen molar-refractivity contribution in [1.29, 1.82) is 0 Å². The van der Waals surface area contributed by atoms with Gasteiger partial charge in [0.2, 0.25) is 0 Å². The Hall–Kier alpha value is -2.55. The number of hydrogen-bond acceptors (Lipinski definition) is 6. The summed E-state index contributed by atoms with van der Waals surface area (Å²) in [6.45, 7) is 0. The molecule has 1 heterocycles. The summed E-state index contributed by atoms with van der Waals surface area (Å²) in [5.41, 5.74) is 0.167. The number of nitrogens with zero attached hydrogens (tertiary/aromatic N) is 1. The van der Waals surface area contributed by atoms with Gasteiger partial charge < -0.3 is 14.2 Å². The van der Waals surface area contributed by atoms with Crippen LogP contribution < -0.4 is 14.2 Å². The van der Waals surface area contributed by atoms with Gasteiger partial charge in [0.05, 0.1) is 27.0 Å². The molecular weight excluding hydrogens is 312 g/mol. The van der Waals surface area contributed by atoms with Crippen molar-refractivity contribution in [3.8, 4) is 11.5 Å². The van der Waals surface area contributed by atoms with E-state index in [1.54, 1.807) is 18.2 Å². The van der Waals surface area contributed by atoms with Gasteiger partial charge in [0, 0.05) is 5.56 Å². The Morgan fingerprint density at radius 1 is 1.18 bits per heavy atom. The van der Waals surface area contributed by atoms with Gasteiger partial charge in [0.1, 0.15) is 17.2 Å². The second-order valence-electron chi connectivity index (χ2n) is 4.17. The molecule has 1 aliphatic rings. The maximum atomic E-state index is 11.8. The maximum absolute atomic E-state index is 11.8. The second-order valence-corrected chi connectivity index (χ2v) is 5.51. The fourth-order valence-corrected chi connectivity index (χ4v) is 2.71. The smallest absolute Gasteiger partial charge is 0.355 e. The van der Waals surface area contributed by atoms with Crippen LogP contribution in [-0.4, -0.2) is 41.4 Å². The standard InChI is InChI=1S/C13H14N2O6S/c1-19-8-4-5-12(20-2)9(6-8)10-7-11(13(16)21-3)15-22(17,18)14-10/h4-7,15H,1-3H3. The van der Waals surface area contributed by atoms with Crippen LogP contribution in [0.15, 0.2) is 34.4 Å². The normalized spacial score (nSPS) is 16.0. The number of ether oxygens (including phenoxy) is 3. The Morgan fingerprint density at radius 3 is 2.50 bits per heavy atom. The highest BCUT2D eigenvalue weighted by molar-refractivity contribution is 7.88. The molecule has 0 radical (unpaired) electrons. The molecule has 0 saturated heterocycles. The first-order chi connectivity index (χ1) is 10.4. The van der Waals surface area contributed by atoms with Crippen LogP contribution in [0.4, 0.5) is 0 Å². The SMILES string of the molecule is COC(=O)C1=CC(c2cc(OC)ccc2OC)=NS(=O)(=O)N1. The molecule has 9 heteroatoms. The number of carbonyl (C=O) groups is 1. The summed E-state index contributed by atoms with van der Waals surface area (Å²) >= 11 is 0. The van der Waals surface area contributed by atoms with Crippen molar-refractivity contribution in [3.63, 3.8) is 0 Å². The van der Waals surface area contributed by atoms with Crippen LogP contribution in [0.5, 0.6) is 11.5 Å². The summed E-state index contributed by atoms with van der Waals surface area (Å²) < 4.78 is 44.0. The summed E-state index contributed by atoms with van der Waals surface area (Å²) in [6, 6.07) is 4.82. The molecular formula is C13H14N2O6S. The Kier molecular flexibility index (Phi) is 4.36. The Bertz CT molecular complexity index is 767. The largest absolute Gasteiger partial charge is 0.497 e. The molecule has 2 rings (SSSR count). The molecule has 1 N–H and O–H groups in total. The average molecular weight is 326 g/mol. The summed E-state index contributed by atoms with van der Waals surface area (Å²) in [6.07, 6.45) is 1.27. The molecule has 0 fully saturated rings. The Morgan fingerprint density at radius 2 is 1.91 bits per heavy atom. The first-order valence-electron chi connectivity index (χ1n) is 6.05. The number of allylic oxidation sites excluding steroid dienone is 1. The van der Waals surface area contributed by atoms with E-state index in [1.165, 1.54) is 20.3 Å². The fourth-order valence-electron chi connectivity index (χ4n) is 1.84. The van der Waals surface area contributed by atoms with Gasteiger partial charge in [0.15, 0.2) is 0 Å². The topological polar surface area (TPSA) is 103 Å². The predicted molar refractivity (Wildman–Crippen MR) is 78.2 cm³/mol. The number of carbonyl (C=O) groups excluding carboxylic acids is 1. The molecule has 0 unspecified atom stereocenters. The molecule has 8 nitrogen and oxygen atoms in total. The van der Waals surface area contributed by atoms with E-state index in [1.807, 2.05) is 4.72 Å². The van der Waals surface area contributed by atoms with Crippen LogP contribution in [0.3, 0.4) is 0 Å². The van der Waals surface area contributed by atoms with Crippen molar-refractivity contribution in [2.75, 3.05) is 21.3 Å². The molecule has 0 spiro atoms. The first kappa shape index (κ1) is 15.8. The number of hydrogen-bond donors (Lipinski definition) is 1. The lowest BCUT2D eigenvalue weighted by Gasteiger charge is -2.16. The molecule has 0 atom stereocenters. The molecule has 22 heavy (non-hydrogen) atoms. The van der Waals surface area contributed by atoms with Gasteiger partial charge in [-0.1, -0.05) is 0 Å². The van der Waals surface area contributed by atoms with Crippen molar-refractivity contribution >= 4 is 21.9 Å². The fraction of sp³-hybridized carbons (Fsp3) is 0.231. The third kappa shape index (κ3) is 3.19. The highest BCUT2D eigenvalue weighted by Crippen LogP contribution is 2.26. The lowest BCUT2D eigenvalue weighted by molar-refractivity contribution is -0.136. The molecule has 0 aliphatic carbocycles. The van der Waals surface area contributed by atoms with Crippen molar-refractivity contribution in [3.05, 3.63) is 35.5 Å². The van der Waals surface area contributed by atoms with E-state index in [0.717, 1.165) is 7.11 Å². The number of rotatable bonds is 4. The average Bonchev–Trinajstić information content (AvgIpc) is 2.51. The first-order valence-corrected chi connectivity index (χ1v) is 7.49. The number of methoxy groups -OCH3 is 3. The Labute approximate surface area is 127 Å². The predicted octanol–water partition coefficient (Wildman–Crippen LogP) is 0.398. The van der Waals surface area contributed by atoms with Crippen LogP contribution in [-0.2, 0) is 19.7 Å². The van der Waals surface area contributed by atoms with E-state index in [-0.39, 0.29) is 11.4 Å². The number of nitrogens with one attached hydrogen (secondary N) is 1.